The number of hydrogen-bond acceptors (Lipinski definition) is 3. The largest absolute Gasteiger partial charge is 0.396 e. The molecule has 0 bridgehead atoms. The summed E-state index contributed by atoms with van der Waals surface area (Å²) in [6, 6.07) is 9.02. The van der Waals surface area contributed by atoms with Gasteiger partial charge in [-0.25, -0.2) is 4.68 Å². The molecule has 0 spiro atoms. The molecule has 2 unspecified atom stereocenters. The molecule has 1 heterocycles. The smallest absolute Gasteiger partial charge is 0.251 e. The average Bonchev–Trinajstić information content (AvgIpc) is 3.00. The van der Waals surface area contributed by atoms with E-state index in [9.17, 15) is 4.79 Å². The van der Waals surface area contributed by atoms with E-state index in [1.807, 2.05) is 38.2 Å². The topological polar surface area (TPSA) is 67.2 Å². The number of carbonyl (C=O) groups excluding carboxylic acids is 1. The minimum Gasteiger partial charge on any atom is -0.396 e. The summed E-state index contributed by atoms with van der Waals surface area (Å²) in [6.45, 7) is 3.83. The summed E-state index contributed by atoms with van der Waals surface area (Å²) in [5.41, 5.74) is 1.42. The maximum absolute atomic E-state index is 12.2. The fraction of sp³-hybridized carbons (Fsp3) is 0.333. The summed E-state index contributed by atoms with van der Waals surface area (Å²) in [5.74, 6) is -0.125. The van der Waals surface area contributed by atoms with Crippen LogP contribution in [0.5, 0.6) is 0 Å². The number of aliphatic hydroxyl groups excluding tert-OH is 1. The Morgan fingerprint density at radius 3 is 2.85 bits per heavy atom. The van der Waals surface area contributed by atoms with E-state index in [1.165, 1.54) is 0 Å². The van der Waals surface area contributed by atoms with E-state index in [0.29, 0.717) is 5.56 Å². The molecular weight excluding hydrogens is 254 g/mol. The van der Waals surface area contributed by atoms with Crippen molar-refractivity contribution in [2.75, 3.05) is 6.61 Å². The lowest BCUT2D eigenvalue weighted by Crippen LogP contribution is -2.38. The third kappa shape index (κ3) is 3.24. The van der Waals surface area contributed by atoms with Gasteiger partial charge in [-0.2, -0.15) is 5.10 Å². The first-order valence-corrected chi connectivity index (χ1v) is 6.63. The zero-order valence-corrected chi connectivity index (χ0v) is 11.7. The molecule has 0 aliphatic carbocycles. The van der Waals surface area contributed by atoms with Crippen LogP contribution in [0.1, 0.15) is 24.2 Å². The first kappa shape index (κ1) is 14.3. The van der Waals surface area contributed by atoms with E-state index in [-0.39, 0.29) is 24.5 Å². The molecule has 0 fully saturated rings. The summed E-state index contributed by atoms with van der Waals surface area (Å²) >= 11 is 0. The van der Waals surface area contributed by atoms with Crippen molar-refractivity contribution in [3.8, 4) is 5.69 Å². The highest BCUT2D eigenvalue weighted by Crippen LogP contribution is 2.10. The maximum Gasteiger partial charge on any atom is 0.251 e. The Kier molecular flexibility index (Phi) is 4.53. The molecule has 0 radical (unpaired) electrons. The Labute approximate surface area is 118 Å². The normalized spacial score (nSPS) is 13.8. The van der Waals surface area contributed by atoms with Gasteiger partial charge < -0.3 is 10.4 Å². The highest BCUT2D eigenvalue weighted by atomic mass is 16.3. The number of carbonyl (C=O) groups is 1. The molecule has 2 N–H and O–H groups in total. The second-order valence-electron chi connectivity index (χ2n) is 4.92. The lowest BCUT2D eigenvalue weighted by Gasteiger charge is -2.19. The van der Waals surface area contributed by atoms with Gasteiger partial charge in [0.05, 0.1) is 5.69 Å². The predicted molar refractivity (Wildman–Crippen MR) is 76.7 cm³/mol. The number of amides is 1. The van der Waals surface area contributed by atoms with Crippen LogP contribution >= 0.6 is 0 Å². The van der Waals surface area contributed by atoms with E-state index < -0.39 is 0 Å². The van der Waals surface area contributed by atoms with E-state index in [4.69, 9.17) is 5.11 Å². The quantitative estimate of drug-likeness (QED) is 0.870. The van der Waals surface area contributed by atoms with Crippen molar-refractivity contribution in [3.63, 3.8) is 0 Å². The number of benzene rings is 1. The Hall–Kier alpha value is -2.14. The molecule has 0 saturated carbocycles. The van der Waals surface area contributed by atoms with Crippen LogP contribution in [0.4, 0.5) is 0 Å². The van der Waals surface area contributed by atoms with Crippen molar-refractivity contribution >= 4 is 5.91 Å². The molecule has 20 heavy (non-hydrogen) atoms. The molecule has 2 atom stereocenters. The first-order chi connectivity index (χ1) is 9.61. The minimum atomic E-state index is -0.146. The van der Waals surface area contributed by atoms with Crippen molar-refractivity contribution in [2.45, 2.75) is 19.9 Å². The van der Waals surface area contributed by atoms with Crippen LogP contribution in [0, 0.1) is 5.92 Å². The molecule has 5 nitrogen and oxygen atoms in total. The number of hydrogen-bond donors (Lipinski definition) is 2. The minimum absolute atomic E-state index is 0.0215. The summed E-state index contributed by atoms with van der Waals surface area (Å²) in [5, 5.41) is 16.1. The van der Waals surface area contributed by atoms with Crippen molar-refractivity contribution in [1.29, 1.82) is 0 Å². The maximum atomic E-state index is 12.2. The Morgan fingerprint density at radius 1 is 1.40 bits per heavy atom. The van der Waals surface area contributed by atoms with E-state index in [0.717, 1.165) is 5.69 Å². The van der Waals surface area contributed by atoms with Crippen molar-refractivity contribution < 1.29 is 9.90 Å². The molecule has 0 aliphatic heterocycles. The molecule has 5 heteroatoms. The van der Waals surface area contributed by atoms with Gasteiger partial charge in [-0.3, -0.25) is 4.79 Å². The lowest BCUT2D eigenvalue weighted by molar-refractivity contribution is 0.0916. The van der Waals surface area contributed by atoms with Gasteiger partial charge >= 0.3 is 0 Å². The average molecular weight is 273 g/mol. The number of rotatable bonds is 5. The molecule has 2 aromatic rings. The van der Waals surface area contributed by atoms with Gasteiger partial charge in [0, 0.05) is 30.6 Å². The number of nitrogens with zero attached hydrogens (tertiary/aromatic N) is 2. The Morgan fingerprint density at radius 2 is 2.20 bits per heavy atom. The second kappa shape index (κ2) is 6.34. The first-order valence-electron chi connectivity index (χ1n) is 6.63. The van der Waals surface area contributed by atoms with Gasteiger partial charge in [0.15, 0.2) is 0 Å². The van der Waals surface area contributed by atoms with Crippen molar-refractivity contribution in [2.24, 2.45) is 5.92 Å². The second-order valence-corrected chi connectivity index (χ2v) is 4.92. The SMILES string of the molecule is CC(CO)C(C)NC(=O)c1cccc(-n2cccn2)c1. The van der Waals surface area contributed by atoms with E-state index >= 15 is 0 Å². The van der Waals surface area contributed by atoms with Gasteiger partial charge in [0.1, 0.15) is 0 Å². The van der Waals surface area contributed by atoms with Crippen LogP contribution in [0.25, 0.3) is 5.69 Å². The van der Waals surface area contributed by atoms with Crippen LogP contribution in [0.2, 0.25) is 0 Å². The number of aliphatic hydroxyl groups is 1. The fourth-order valence-corrected chi connectivity index (χ4v) is 1.80. The van der Waals surface area contributed by atoms with Crippen LogP contribution in [-0.2, 0) is 0 Å². The molecule has 1 aromatic carbocycles. The van der Waals surface area contributed by atoms with Gasteiger partial charge in [0.2, 0.25) is 0 Å². The standard InChI is InChI=1S/C15H19N3O2/c1-11(10-19)12(2)17-15(20)13-5-3-6-14(9-13)18-8-4-7-16-18/h3-9,11-12,19H,10H2,1-2H3,(H,17,20). The highest BCUT2D eigenvalue weighted by Gasteiger charge is 2.15. The predicted octanol–water partition coefficient (Wildman–Crippen LogP) is 1.62. The third-order valence-corrected chi connectivity index (χ3v) is 3.38. The molecule has 2 rings (SSSR count). The number of aromatic nitrogens is 2. The van der Waals surface area contributed by atoms with Crippen LogP contribution in [0.3, 0.4) is 0 Å². The molecule has 1 aromatic heterocycles. The van der Waals surface area contributed by atoms with Crippen molar-refractivity contribution in [3.05, 3.63) is 48.3 Å². The molecule has 0 saturated heterocycles. The lowest BCUT2D eigenvalue weighted by atomic mass is 10.0. The summed E-state index contributed by atoms with van der Waals surface area (Å²) in [4.78, 5) is 12.2. The third-order valence-electron chi connectivity index (χ3n) is 3.38. The molecule has 106 valence electrons. The van der Waals surface area contributed by atoms with Gasteiger partial charge in [-0.05, 0) is 37.1 Å². The Bertz CT molecular complexity index is 566. The summed E-state index contributed by atoms with van der Waals surface area (Å²) in [6.07, 6.45) is 3.52. The van der Waals surface area contributed by atoms with Gasteiger partial charge in [-0.1, -0.05) is 13.0 Å². The number of nitrogens with one attached hydrogen (secondary N) is 1. The van der Waals surface area contributed by atoms with Crippen molar-refractivity contribution in [1.82, 2.24) is 15.1 Å². The van der Waals surface area contributed by atoms with Gasteiger partial charge in [0.25, 0.3) is 5.91 Å². The molecule has 1 amide bonds. The molecule has 0 aliphatic rings. The zero-order valence-electron chi connectivity index (χ0n) is 11.7. The van der Waals surface area contributed by atoms with Crippen LogP contribution in [0.15, 0.2) is 42.7 Å². The summed E-state index contributed by atoms with van der Waals surface area (Å²) < 4.78 is 1.70. The van der Waals surface area contributed by atoms with Gasteiger partial charge in [-0.15, -0.1) is 0 Å². The fourth-order valence-electron chi connectivity index (χ4n) is 1.80. The van der Waals surface area contributed by atoms with Crippen LogP contribution in [-0.4, -0.2) is 33.4 Å². The molecular formula is C15H19N3O2. The monoisotopic (exact) mass is 273 g/mol. The van der Waals surface area contributed by atoms with Crippen LogP contribution < -0.4 is 5.32 Å². The highest BCUT2D eigenvalue weighted by molar-refractivity contribution is 5.94. The van der Waals surface area contributed by atoms with E-state index in [1.54, 1.807) is 23.0 Å². The Balaban J connectivity index is 2.13. The zero-order chi connectivity index (χ0) is 14.5. The summed E-state index contributed by atoms with van der Waals surface area (Å²) in [7, 11) is 0. The van der Waals surface area contributed by atoms with E-state index in [2.05, 4.69) is 10.4 Å².